The van der Waals surface area contributed by atoms with Gasteiger partial charge in [-0.2, -0.15) is 0 Å². The van der Waals surface area contributed by atoms with Crippen LogP contribution in [0.5, 0.6) is 0 Å². The van der Waals surface area contributed by atoms with Gasteiger partial charge >= 0.3 is 0 Å². The highest BCUT2D eigenvalue weighted by Crippen LogP contribution is 2.21. The van der Waals surface area contributed by atoms with Gasteiger partial charge in [0.2, 0.25) is 0 Å². The second-order valence-electron chi connectivity index (χ2n) is 6.09. The lowest BCUT2D eigenvalue weighted by molar-refractivity contribution is 0.0941. The fourth-order valence-electron chi connectivity index (χ4n) is 2.92. The predicted octanol–water partition coefficient (Wildman–Crippen LogP) is 3.56. The van der Waals surface area contributed by atoms with Crippen molar-refractivity contribution < 1.29 is 4.79 Å². The number of amides is 1. The molecule has 24 heavy (non-hydrogen) atoms. The van der Waals surface area contributed by atoms with Gasteiger partial charge < -0.3 is 9.88 Å². The third-order valence-electron chi connectivity index (χ3n) is 4.01. The van der Waals surface area contributed by atoms with E-state index < -0.39 is 0 Å². The molecule has 0 spiro atoms. The molecule has 3 rings (SSSR count). The number of benzene rings is 2. The molecule has 122 valence electrons. The zero-order valence-corrected chi connectivity index (χ0v) is 14.2. The molecular weight excluding hydrogens is 298 g/mol. The van der Waals surface area contributed by atoms with Crippen LogP contribution in [-0.4, -0.2) is 15.5 Å². The van der Waals surface area contributed by atoms with Crippen LogP contribution in [-0.2, 0) is 7.05 Å². The second-order valence-corrected chi connectivity index (χ2v) is 6.09. The maximum Gasteiger partial charge on any atom is 0.252 e. The maximum absolute atomic E-state index is 12.8. The van der Waals surface area contributed by atoms with Crippen molar-refractivity contribution in [3.05, 3.63) is 89.0 Å². The van der Waals surface area contributed by atoms with E-state index in [2.05, 4.69) is 16.4 Å². The topological polar surface area (TPSA) is 46.9 Å². The lowest BCUT2D eigenvalue weighted by Crippen LogP contribution is -2.31. The third-order valence-corrected chi connectivity index (χ3v) is 4.01. The average Bonchev–Trinajstić information content (AvgIpc) is 2.98. The molecule has 0 aliphatic heterocycles. The lowest BCUT2D eigenvalue weighted by Gasteiger charge is -2.19. The minimum Gasteiger partial charge on any atom is -0.338 e. The Morgan fingerprint density at radius 2 is 1.75 bits per heavy atom. The van der Waals surface area contributed by atoms with Crippen LogP contribution in [0.25, 0.3) is 0 Å². The van der Waals surface area contributed by atoms with Crippen molar-refractivity contribution >= 4 is 5.91 Å². The van der Waals surface area contributed by atoms with E-state index in [1.807, 2.05) is 74.1 Å². The van der Waals surface area contributed by atoms with Crippen molar-refractivity contribution in [3.63, 3.8) is 0 Å². The number of aryl methyl sites for hydroxylation is 3. The van der Waals surface area contributed by atoms with Crippen LogP contribution in [0.4, 0.5) is 0 Å². The summed E-state index contributed by atoms with van der Waals surface area (Å²) in [6, 6.07) is 15.5. The Balaban J connectivity index is 1.95. The molecule has 0 saturated carbocycles. The molecule has 0 bridgehead atoms. The van der Waals surface area contributed by atoms with Crippen LogP contribution in [0.3, 0.4) is 0 Å². The van der Waals surface area contributed by atoms with E-state index in [0.29, 0.717) is 5.56 Å². The molecule has 1 amide bonds. The van der Waals surface area contributed by atoms with E-state index in [0.717, 1.165) is 22.5 Å². The molecule has 0 aliphatic carbocycles. The smallest absolute Gasteiger partial charge is 0.252 e. The van der Waals surface area contributed by atoms with Gasteiger partial charge in [0.25, 0.3) is 5.91 Å². The normalized spacial score (nSPS) is 12.0. The molecule has 0 saturated heterocycles. The van der Waals surface area contributed by atoms with Gasteiger partial charge in [0.05, 0.1) is 0 Å². The molecule has 0 unspecified atom stereocenters. The summed E-state index contributed by atoms with van der Waals surface area (Å²) in [4.78, 5) is 17.2. The number of nitrogens with zero attached hydrogens (tertiary/aromatic N) is 2. The van der Waals surface area contributed by atoms with Gasteiger partial charge in [0.15, 0.2) is 0 Å². The summed E-state index contributed by atoms with van der Waals surface area (Å²) < 4.78 is 1.93. The fraction of sp³-hybridized carbons (Fsp3) is 0.200. The highest BCUT2D eigenvalue weighted by atomic mass is 16.1. The summed E-state index contributed by atoms with van der Waals surface area (Å²) in [6.45, 7) is 3.99. The van der Waals surface area contributed by atoms with Gasteiger partial charge in [-0.3, -0.25) is 4.79 Å². The van der Waals surface area contributed by atoms with E-state index in [1.54, 1.807) is 6.20 Å². The number of rotatable bonds is 4. The monoisotopic (exact) mass is 319 g/mol. The van der Waals surface area contributed by atoms with Crippen LogP contribution in [0, 0.1) is 13.8 Å². The van der Waals surface area contributed by atoms with Crippen LogP contribution in [0.1, 0.15) is 38.9 Å². The van der Waals surface area contributed by atoms with Crippen molar-refractivity contribution in [3.8, 4) is 0 Å². The number of imidazole rings is 1. The van der Waals surface area contributed by atoms with Gasteiger partial charge in [-0.25, -0.2) is 4.98 Å². The summed E-state index contributed by atoms with van der Waals surface area (Å²) in [6.07, 6.45) is 3.63. The Morgan fingerprint density at radius 1 is 1.08 bits per heavy atom. The van der Waals surface area contributed by atoms with Crippen LogP contribution >= 0.6 is 0 Å². The first-order chi connectivity index (χ1) is 11.5. The number of hydrogen-bond acceptors (Lipinski definition) is 2. The first-order valence-electron chi connectivity index (χ1n) is 7.96. The van der Waals surface area contributed by atoms with Crippen LogP contribution in [0.15, 0.2) is 60.9 Å². The first-order valence-corrected chi connectivity index (χ1v) is 7.96. The number of hydrogen-bond donors (Lipinski definition) is 1. The minimum absolute atomic E-state index is 0.0985. The Labute approximate surface area is 142 Å². The minimum atomic E-state index is -0.292. The van der Waals surface area contributed by atoms with Crippen molar-refractivity contribution in [2.45, 2.75) is 19.9 Å². The molecule has 1 aromatic heterocycles. The number of carbonyl (C=O) groups excluding carboxylic acids is 1. The molecule has 1 N–H and O–H groups in total. The quantitative estimate of drug-likeness (QED) is 0.799. The lowest BCUT2D eigenvalue weighted by atomic mass is 10.0. The molecule has 0 radical (unpaired) electrons. The first kappa shape index (κ1) is 16.0. The van der Waals surface area contributed by atoms with Gasteiger partial charge in [0, 0.05) is 25.0 Å². The molecule has 2 aromatic carbocycles. The zero-order valence-electron chi connectivity index (χ0n) is 14.2. The van der Waals surface area contributed by atoms with Crippen molar-refractivity contribution in [1.29, 1.82) is 0 Å². The summed E-state index contributed by atoms with van der Waals surface area (Å²) >= 11 is 0. The molecule has 0 fully saturated rings. The van der Waals surface area contributed by atoms with Gasteiger partial charge in [-0.1, -0.05) is 47.5 Å². The molecule has 3 aromatic rings. The van der Waals surface area contributed by atoms with E-state index in [9.17, 15) is 4.79 Å². The summed E-state index contributed by atoms with van der Waals surface area (Å²) in [7, 11) is 1.93. The number of nitrogens with one attached hydrogen (secondary N) is 1. The SMILES string of the molecule is Cc1cc(C)cc(C(=O)N[C@H](c2ccccc2)c2nccn2C)c1. The van der Waals surface area contributed by atoms with Crippen LogP contribution in [0.2, 0.25) is 0 Å². The van der Waals surface area contributed by atoms with Gasteiger partial charge in [-0.15, -0.1) is 0 Å². The molecular formula is C20H21N3O. The molecule has 1 atom stereocenters. The summed E-state index contributed by atoms with van der Waals surface area (Å²) in [5.41, 5.74) is 3.83. The van der Waals surface area contributed by atoms with E-state index in [1.165, 1.54) is 0 Å². The predicted molar refractivity (Wildman–Crippen MR) is 94.9 cm³/mol. The highest BCUT2D eigenvalue weighted by Gasteiger charge is 2.21. The summed E-state index contributed by atoms with van der Waals surface area (Å²) in [5, 5.41) is 3.12. The molecule has 0 aliphatic rings. The van der Waals surface area contributed by atoms with Crippen molar-refractivity contribution in [2.75, 3.05) is 0 Å². The number of aromatic nitrogens is 2. The number of carbonyl (C=O) groups is 1. The van der Waals surface area contributed by atoms with Crippen LogP contribution < -0.4 is 5.32 Å². The molecule has 4 heteroatoms. The molecule has 1 heterocycles. The highest BCUT2D eigenvalue weighted by molar-refractivity contribution is 5.95. The van der Waals surface area contributed by atoms with Crippen molar-refractivity contribution in [1.82, 2.24) is 14.9 Å². The van der Waals surface area contributed by atoms with E-state index in [4.69, 9.17) is 0 Å². The van der Waals surface area contributed by atoms with Gasteiger partial charge in [0.1, 0.15) is 11.9 Å². The Kier molecular flexibility index (Phi) is 4.47. The largest absolute Gasteiger partial charge is 0.338 e. The Hall–Kier alpha value is -2.88. The average molecular weight is 319 g/mol. The summed E-state index contributed by atoms with van der Waals surface area (Å²) in [5.74, 6) is 0.706. The van der Waals surface area contributed by atoms with Gasteiger partial charge in [-0.05, 0) is 31.5 Å². The second kappa shape index (κ2) is 6.71. The molecule has 4 nitrogen and oxygen atoms in total. The van der Waals surface area contributed by atoms with Crippen molar-refractivity contribution in [2.24, 2.45) is 7.05 Å². The standard InChI is InChI=1S/C20H21N3O/c1-14-11-15(2)13-17(12-14)20(24)22-18(16-7-5-4-6-8-16)19-21-9-10-23(19)3/h4-13,18H,1-3H3,(H,22,24)/t18-/m1/s1. The Morgan fingerprint density at radius 3 is 2.33 bits per heavy atom. The third kappa shape index (κ3) is 3.38. The van der Waals surface area contributed by atoms with E-state index >= 15 is 0 Å². The Bertz CT molecular complexity index is 832. The maximum atomic E-state index is 12.8. The fourth-order valence-corrected chi connectivity index (χ4v) is 2.92. The van der Waals surface area contributed by atoms with E-state index in [-0.39, 0.29) is 11.9 Å². The zero-order chi connectivity index (χ0) is 17.1.